The summed E-state index contributed by atoms with van der Waals surface area (Å²) < 4.78 is 5.84. The van der Waals surface area contributed by atoms with Crippen LogP contribution in [0.15, 0.2) is 48.5 Å². The van der Waals surface area contributed by atoms with Crippen molar-refractivity contribution in [2.75, 3.05) is 0 Å². The molecule has 0 atom stereocenters. The molecule has 0 spiro atoms. The Balaban J connectivity index is 1.66. The molecule has 0 bridgehead atoms. The van der Waals surface area contributed by atoms with Crippen molar-refractivity contribution in [1.82, 2.24) is 4.98 Å². The maximum Gasteiger partial charge on any atom is 0.347 e. The van der Waals surface area contributed by atoms with Crippen molar-refractivity contribution in [3.05, 3.63) is 70.2 Å². The van der Waals surface area contributed by atoms with Gasteiger partial charge in [-0.3, -0.25) is 0 Å². The number of aromatic carboxylic acids is 1. The molecule has 0 amide bonds. The van der Waals surface area contributed by atoms with Crippen LogP contribution in [0, 0.1) is 6.92 Å². The van der Waals surface area contributed by atoms with E-state index < -0.39 is 5.97 Å². The molecule has 0 saturated heterocycles. The third-order valence-corrected chi connectivity index (χ3v) is 5.34. The Morgan fingerprint density at radius 3 is 2.31 bits per heavy atom. The van der Waals surface area contributed by atoms with Gasteiger partial charge < -0.3 is 9.84 Å². The monoisotopic (exact) mass is 367 g/mol. The fourth-order valence-corrected chi connectivity index (χ4v) is 3.49. The Morgan fingerprint density at radius 2 is 1.77 bits per heavy atom. The first-order valence-corrected chi connectivity index (χ1v) is 9.28. The molecule has 1 aromatic heterocycles. The first kappa shape index (κ1) is 18.1. The zero-order valence-corrected chi connectivity index (χ0v) is 15.8. The summed E-state index contributed by atoms with van der Waals surface area (Å²) >= 11 is 1.20. The summed E-state index contributed by atoms with van der Waals surface area (Å²) in [6, 6.07) is 16.0. The summed E-state index contributed by atoms with van der Waals surface area (Å²) in [6.45, 7) is 6.54. The summed E-state index contributed by atoms with van der Waals surface area (Å²) in [6.07, 6.45) is 0. The average Bonchev–Trinajstić information content (AvgIpc) is 3.03. The molecule has 0 saturated carbocycles. The van der Waals surface area contributed by atoms with E-state index in [9.17, 15) is 4.79 Å². The van der Waals surface area contributed by atoms with Crippen LogP contribution in [0.5, 0.6) is 5.75 Å². The highest BCUT2D eigenvalue weighted by Gasteiger charge is 2.14. The van der Waals surface area contributed by atoms with E-state index in [-0.39, 0.29) is 4.88 Å². The number of benzene rings is 2. The van der Waals surface area contributed by atoms with Crippen LogP contribution in [-0.2, 0) is 6.61 Å². The molecule has 0 aliphatic heterocycles. The predicted molar refractivity (Wildman–Crippen MR) is 104 cm³/mol. The van der Waals surface area contributed by atoms with Gasteiger partial charge in [-0.15, -0.1) is 11.3 Å². The number of carboxylic acids is 1. The Kier molecular flexibility index (Phi) is 5.38. The van der Waals surface area contributed by atoms with Gasteiger partial charge in [0.15, 0.2) is 0 Å². The van der Waals surface area contributed by atoms with Crippen LogP contribution >= 0.6 is 11.3 Å². The highest BCUT2D eigenvalue weighted by Crippen LogP contribution is 2.28. The van der Waals surface area contributed by atoms with Gasteiger partial charge in [0, 0.05) is 5.56 Å². The largest absolute Gasteiger partial charge is 0.489 e. The van der Waals surface area contributed by atoms with Gasteiger partial charge in [-0.2, -0.15) is 0 Å². The van der Waals surface area contributed by atoms with Gasteiger partial charge in [0.2, 0.25) is 0 Å². The first-order valence-electron chi connectivity index (χ1n) is 8.47. The first-order chi connectivity index (χ1) is 12.4. The lowest BCUT2D eigenvalue weighted by Crippen LogP contribution is -1.96. The van der Waals surface area contributed by atoms with E-state index in [0.717, 1.165) is 21.9 Å². The summed E-state index contributed by atoms with van der Waals surface area (Å²) in [4.78, 5) is 15.8. The molecule has 0 fully saturated rings. The van der Waals surface area contributed by atoms with Crippen molar-refractivity contribution in [1.29, 1.82) is 0 Å². The molecule has 3 rings (SSSR count). The van der Waals surface area contributed by atoms with E-state index in [0.29, 0.717) is 18.2 Å². The number of aryl methyl sites for hydroxylation is 1. The van der Waals surface area contributed by atoms with Crippen LogP contribution < -0.4 is 4.74 Å². The lowest BCUT2D eigenvalue weighted by atomic mass is 10.0. The molecule has 0 aliphatic carbocycles. The van der Waals surface area contributed by atoms with Crippen LogP contribution in [0.1, 0.15) is 46.3 Å². The second-order valence-corrected chi connectivity index (χ2v) is 7.45. The molecule has 0 aliphatic rings. The van der Waals surface area contributed by atoms with Crippen molar-refractivity contribution >= 4 is 17.3 Å². The van der Waals surface area contributed by atoms with Gasteiger partial charge >= 0.3 is 5.97 Å². The number of carbonyl (C=O) groups is 1. The number of thiazole rings is 1. The van der Waals surface area contributed by atoms with E-state index >= 15 is 0 Å². The Hall–Kier alpha value is -2.66. The molecule has 26 heavy (non-hydrogen) atoms. The minimum atomic E-state index is -0.931. The van der Waals surface area contributed by atoms with Crippen LogP contribution in [0.3, 0.4) is 0 Å². The summed E-state index contributed by atoms with van der Waals surface area (Å²) in [5, 5.41) is 9.87. The lowest BCUT2D eigenvalue weighted by Gasteiger charge is -2.09. The normalized spacial score (nSPS) is 10.9. The number of carboxylic acid groups (broad SMARTS) is 1. The third kappa shape index (κ3) is 4.11. The van der Waals surface area contributed by atoms with Gasteiger partial charge in [0.05, 0.1) is 5.69 Å². The maximum atomic E-state index is 11.2. The van der Waals surface area contributed by atoms with Crippen molar-refractivity contribution in [2.24, 2.45) is 0 Å². The van der Waals surface area contributed by atoms with Gasteiger partial charge in [-0.1, -0.05) is 50.2 Å². The maximum absolute atomic E-state index is 11.2. The van der Waals surface area contributed by atoms with Crippen LogP contribution in [0.2, 0.25) is 0 Å². The number of aromatic nitrogens is 1. The van der Waals surface area contributed by atoms with Gasteiger partial charge in [0.1, 0.15) is 22.2 Å². The second-order valence-electron chi connectivity index (χ2n) is 6.45. The zero-order valence-electron chi connectivity index (χ0n) is 15.0. The number of hydrogen-bond donors (Lipinski definition) is 1. The van der Waals surface area contributed by atoms with Crippen molar-refractivity contribution in [3.63, 3.8) is 0 Å². The van der Waals surface area contributed by atoms with Crippen LogP contribution in [0.25, 0.3) is 10.6 Å². The predicted octanol–water partition coefficient (Wildman–Crippen LogP) is 5.52. The second kappa shape index (κ2) is 7.70. The smallest absolute Gasteiger partial charge is 0.347 e. The SMILES string of the molecule is Cc1nc(-c2ccc(COc3ccc(C(C)C)cc3)cc2)sc1C(=O)O. The molecule has 0 unspecified atom stereocenters. The third-order valence-electron chi connectivity index (χ3n) is 4.14. The lowest BCUT2D eigenvalue weighted by molar-refractivity contribution is 0.0701. The Morgan fingerprint density at radius 1 is 1.12 bits per heavy atom. The Labute approximate surface area is 157 Å². The zero-order chi connectivity index (χ0) is 18.7. The molecule has 134 valence electrons. The number of nitrogens with zero attached hydrogens (tertiary/aromatic N) is 1. The Bertz CT molecular complexity index is 896. The van der Waals surface area contributed by atoms with E-state index in [2.05, 4.69) is 31.0 Å². The van der Waals surface area contributed by atoms with Crippen LogP contribution in [0.4, 0.5) is 0 Å². The molecule has 4 nitrogen and oxygen atoms in total. The summed E-state index contributed by atoms with van der Waals surface area (Å²) in [5.41, 5.74) is 3.81. The summed E-state index contributed by atoms with van der Waals surface area (Å²) in [5.74, 6) is 0.424. The standard InChI is InChI=1S/C21H21NO3S/c1-13(2)16-8-10-18(11-9-16)25-12-15-4-6-17(7-5-15)20-22-14(3)19(26-20)21(23)24/h4-11,13H,12H2,1-3H3,(H,23,24). The molecule has 3 aromatic rings. The average molecular weight is 367 g/mol. The summed E-state index contributed by atoms with van der Waals surface area (Å²) in [7, 11) is 0. The van der Waals surface area contributed by atoms with E-state index in [1.807, 2.05) is 36.4 Å². The molecule has 2 aromatic carbocycles. The topological polar surface area (TPSA) is 59.4 Å². The molecular formula is C21H21NO3S. The van der Waals surface area contributed by atoms with Crippen molar-refractivity contribution in [2.45, 2.75) is 33.3 Å². The van der Waals surface area contributed by atoms with E-state index in [4.69, 9.17) is 9.84 Å². The minimum absolute atomic E-state index is 0.289. The van der Waals surface area contributed by atoms with Crippen molar-refractivity contribution < 1.29 is 14.6 Å². The molecular weight excluding hydrogens is 346 g/mol. The van der Waals surface area contributed by atoms with Gasteiger partial charge in [-0.25, -0.2) is 9.78 Å². The highest BCUT2D eigenvalue weighted by molar-refractivity contribution is 7.17. The van der Waals surface area contributed by atoms with Gasteiger partial charge in [-0.05, 0) is 36.1 Å². The van der Waals surface area contributed by atoms with Crippen molar-refractivity contribution in [3.8, 4) is 16.3 Å². The van der Waals surface area contributed by atoms with Gasteiger partial charge in [0.25, 0.3) is 0 Å². The fraction of sp³-hybridized carbons (Fsp3) is 0.238. The number of ether oxygens (including phenoxy) is 1. The highest BCUT2D eigenvalue weighted by atomic mass is 32.1. The molecule has 1 N–H and O–H groups in total. The van der Waals surface area contributed by atoms with E-state index in [1.165, 1.54) is 16.9 Å². The molecule has 1 heterocycles. The van der Waals surface area contributed by atoms with Crippen LogP contribution in [-0.4, -0.2) is 16.1 Å². The van der Waals surface area contributed by atoms with E-state index in [1.54, 1.807) is 6.92 Å². The molecule has 5 heteroatoms. The fourth-order valence-electron chi connectivity index (χ4n) is 2.58. The minimum Gasteiger partial charge on any atom is -0.489 e. The number of rotatable bonds is 6. The number of hydrogen-bond acceptors (Lipinski definition) is 4. The quantitative estimate of drug-likeness (QED) is 0.623. The molecule has 0 radical (unpaired) electrons.